The first-order valence-corrected chi connectivity index (χ1v) is 13.3. The van der Waals surface area contributed by atoms with Gasteiger partial charge in [-0.15, -0.1) is 0 Å². The van der Waals surface area contributed by atoms with E-state index in [4.69, 9.17) is 0 Å². The molecule has 2 heterocycles. The van der Waals surface area contributed by atoms with Crippen LogP contribution in [0.3, 0.4) is 0 Å². The van der Waals surface area contributed by atoms with Gasteiger partial charge < -0.3 is 5.32 Å². The van der Waals surface area contributed by atoms with Gasteiger partial charge >= 0.3 is 6.03 Å². The molecule has 0 radical (unpaired) electrons. The third kappa shape index (κ3) is 5.28. The van der Waals surface area contributed by atoms with E-state index in [1.165, 1.54) is 4.90 Å². The standard InChI is InChI=1S/C25H31N3O4S/c1-2-14-27(22-13-15-33(31,32)18-22)19-28-23(29)25(26-24(28)30,16-20-9-5-3-6-10-20)17-21-11-7-4-8-12-21/h3-12,22H,2,13-19H2,1H3,(H,26,30)/t22-/m0/s1. The van der Waals surface area contributed by atoms with Crippen molar-refractivity contribution in [1.82, 2.24) is 15.1 Å². The van der Waals surface area contributed by atoms with E-state index in [1.807, 2.05) is 72.5 Å². The number of hydrogen-bond donors (Lipinski definition) is 1. The highest BCUT2D eigenvalue weighted by Gasteiger charge is 2.51. The molecule has 0 aromatic heterocycles. The minimum Gasteiger partial charge on any atom is -0.322 e. The van der Waals surface area contributed by atoms with Gasteiger partial charge in [-0.05, 0) is 30.5 Å². The highest BCUT2D eigenvalue weighted by Crippen LogP contribution is 2.28. The van der Waals surface area contributed by atoms with Crippen LogP contribution in [0.2, 0.25) is 0 Å². The zero-order valence-electron chi connectivity index (χ0n) is 18.9. The average molecular weight is 470 g/mol. The van der Waals surface area contributed by atoms with Gasteiger partial charge in [0, 0.05) is 18.9 Å². The van der Waals surface area contributed by atoms with Crippen LogP contribution < -0.4 is 5.32 Å². The first kappa shape index (κ1) is 23.4. The Labute approximate surface area is 195 Å². The maximum absolute atomic E-state index is 13.8. The summed E-state index contributed by atoms with van der Waals surface area (Å²) in [5, 5.41) is 3.01. The van der Waals surface area contributed by atoms with Gasteiger partial charge in [0.1, 0.15) is 5.54 Å². The van der Waals surface area contributed by atoms with Crippen molar-refractivity contribution in [2.75, 3.05) is 24.7 Å². The molecule has 0 aliphatic carbocycles. The summed E-state index contributed by atoms with van der Waals surface area (Å²) < 4.78 is 24.1. The smallest absolute Gasteiger partial charge is 0.322 e. The monoisotopic (exact) mass is 469 g/mol. The number of urea groups is 1. The third-order valence-electron chi connectivity index (χ3n) is 6.50. The van der Waals surface area contributed by atoms with E-state index < -0.39 is 21.4 Å². The molecule has 176 valence electrons. The lowest BCUT2D eigenvalue weighted by atomic mass is 9.84. The van der Waals surface area contributed by atoms with E-state index in [1.54, 1.807) is 0 Å². The highest BCUT2D eigenvalue weighted by atomic mass is 32.2. The fourth-order valence-corrected chi connectivity index (χ4v) is 6.66. The van der Waals surface area contributed by atoms with E-state index in [-0.39, 0.29) is 30.1 Å². The summed E-state index contributed by atoms with van der Waals surface area (Å²) in [5.74, 6) is -0.0260. The van der Waals surface area contributed by atoms with Crippen LogP contribution in [0, 0.1) is 0 Å². The highest BCUT2D eigenvalue weighted by molar-refractivity contribution is 7.91. The zero-order chi connectivity index (χ0) is 23.5. The van der Waals surface area contributed by atoms with Crippen molar-refractivity contribution in [2.24, 2.45) is 0 Å². The number of imide groups is 1. The summed E-state index contributed by atoms with van der Waals surface area (Å²) in [6, 6.07) is 18.8. The molecule has 3 amide bonds. The largest absolute Gasteiger partial charge is 0.326 e. The molecule has 0 bridgehead atoms. The molecule has 2 fully saturated rings. The lowest BCUT2D eigenvalue weighted by molar-refractivity contribution is -0.133. The Morgan fingerprint density at radius 3 is 2.06 bits per heavy atom. The first-order chi connectivity index (χ1) is 15.8. The second kappa shape index (κ2) is 9.65. The van der Waals surface area contributed by atoms with Crippen molar-refractivity contribution in [3.8, 4) is 0 Å². The molecule has 2 aromatic rings. The number of benzene rings is 2. The van der Waals surface area contributed by atoms with Crippen LogP contribution in [0.5, 0.6) is 0 Å². The zero-order valence-corrected chi connectivity index (χ0v) is 19.8. The van der Waals surface area contributed by atoms with Crippen LogP contribution in [0.4, 0.5) is 4.79 Å². The topological polar surface area (TPSA) is 86.8 Å². The van der Waals surface area contributed by atoms with Crippen LogP contribution in [0.15, 0.2) is 60.7 Å². The molecule has 4 rings (SSSR count). The molecule has 0 saturated carbocycles. The summed E-state index contributed by atoms with van der Waals surface area (Å²) in [4.78, 5) is 30.2. The Balaban J connectivity index is 1.61. The quantitative estimate of drug-likeness (QED) is 0.571. The number of carbonyl (C=O) groups is 2. The number of hydrogen-bond acceptors (Lipinski definition) is 5. The van der Waals surface area contributed by atoms with Crippen LogP contribution >= 0.6 is 0 Å². The second-order valence-electron chi connectivity index (χ2n) is 9.08. The average Bonchev–Trinajstić information content (AvgIpc) is 3.26. The van der Waals surface area contributed by atoms with Gasteiger partial charge in [0.2, 0.25) is 0 Å². The van der Waals surface area contributed by atoms with Gasteiger partial charge in [-0.1, -0.05) is 67.6 Å². The first-order valence-electron chi connectivity index (χ1n) is 11.5. The molecule has 2 aliphatic heterocycles. The number of amides is 3. The molecule has 2 saturated heterocycles. The summed E-state index contributed by atoms with van der Waals surface area (Å²) in [6.45, 7) is 2.74. The maximum Gasteiger partial charge on any atom is 0.326 e. The van der Waals surface area contributed by atoms with Crippen molar-refractivity contribution in [3.63, 3.8) is 0 Å². The van der Waals surface area contributed by atoms with E-state index in [2.05, 4.69) is 5.32 Å². The fraction of sp³-hybridized carbons (Fsp3) is 0.440. The van der Waals surface area contributed by atoms with Crippen molar-refractivity contribution in [2.45, 2.75) is 44.2 Å². The van der Waals surface area contributed by atoms with Crippen LogP contribution in [-0.2, 0) is 27.5 Å². The molecule has 0 unspecified atom stereocenters. The van der Waals surface area contributed by atoms with E-state index in [0.717, 1.165) is 17.5 Å². The molecular weight excluding hydrogens is 438 g/mol. The molecule has 0 spiro atoms. The number of nitrogens with one attached hydrogen (secondary N) is 1. The number of carbonyl (C=O) groups excluding carboxylic acids is 2. The Kier molecular flexibility index (Phi) is 6.86. The molecule has 8 heteroatoms. The number of rotatable bonds is 9. The fourth-order valence-electron chi connectivity index (χ4n) is 4.90. The predicted molar refractivity (Wildman–Crippen MR) is 127 cm³/mol. The summed E-state index contributed by atoms with van der Waals surface area (Å²) in [5.41, 5.74) is 0.854. The van der Waals surface area contributed by atoms with E-state index >= 15 is 0 Å². The molecule has 1 atom stereocenters. The molecule has 7 nitrogen and oxygen atoms in total. The Hall–Kier alpha value is -2.71. The molecule has 1 N–H and O–H groups in total. The van der Waals surface area contributed by atoms with Gasteiger partial charge in [-0.2, -0.15) is 0 Å². The lowest BCUT2D eigenvalue weighted by Crippen LogP contribution is -2.52. The van der Waals surface area contributed by atoms with Crippen LogP contribution in [-0.4, -0.2) is 66.5 Å². The molecule has 2 aromatic carbocycles. The Morgan fingerprint density at radius 2 is 1.58 bits per heavy atom. The van der Waals surface area contributed by atoms with Gasteiger partial charge in [-0.3, -0.25) is 9.69 Å². The Bertz CT molecular complexity index is 1050. The van der Waals surface area contributed by atoms with Crippen molar-refractivity contribution in [1.29, 1.82) is 0 Å². The van der Waals surface area contributed by atoms with Gasteiger partial charge in [0.05, 0.1) is 18.2 Å². The molecule has 33 heavy (non-hydrogen) atoms. The normalized spacial score (nSPS) is 21.5. The second-order valence-corrected chi connectivity index (χ2v) is 11.3. The minimum absolute atomic E-state index is 0.0792. The Morgan fingerprint density at radius 1 is 1.00 bits per heavy atom. The van der Waals surface area contributed by atoms with Crippen molar-refractivity contribution < 1.29 is 18.0 Å². The summed E-state index contributed by atoms with van der Waals surface area (Å²) in [6.07, 6.45) is 2.11. The number of nitrogens with zero attached hydrogens (tertiary/aromatic N) is 2. The minimum atomic E-state index is -3.07. The van der Waals surface area contributed by atoms with Crippen LogP contribution in [0.25, 0.3) is 0 Å². The molecule has 2 aliphatic rings. The van der Waals surface area contributed by atoms with E-state index in [0.29, 0.717) is 25.8 Å². The van der Waals surface area contributed by atoms with Crippen molar-refractivity contribution >= 4 is 21.8 Å². The lowest BCUT2D eigenvalue weighted by Gasteiger charge is -2.32. The molecular formula is C25H31N3O4S. The van der Waals surface area contributed by atoms with Crippen LogP contribution in [0.1, 0.15) is 30.9 Å². The van der Waals surface area contributed by atoms with Gasteiger partial charge in [0.25, 0.3) is 5.91 Å². The predicted octanol–water partition coefficient (Wildman–Crippen LogP) is 2.62. The van der Waals surface area contributed by atoms with E-state index in [9.17, 15) is 18.0 Å². The van der Waals surface area contributed by atoms with Gasteiger partial charge in [0.15, 0.2) is 9.84 Å². The maximum atomic E-state index is 13.8. The summed E-state index contributed by atoms with van der Waals surface area (Å²) in [7, 11) is -3.07. The SMILES string of the molecule is CCCN(CN1C(=O)NC(Cc2ccccc2)(Cc2ccccc2)C1=O)[C@H]1CCS(=O)(=O)C1. The van der Waals surface area contributed by atoms with Gasteiger partial charge in [-0.25, -0.2) is 18.1 Å². The van der Waals surface area contributed by atoms with Crippen molar-refractivity contribution in [3.05, 3.63) is 71.8 Å². The third-order valence-corrected chi connectivity index (χ3v) is 8.25. The summed E-state index contributed by atoms with van der Waals surface area (Å²) >= 11 is 0. The number of sulfone groups is 1.